The Morgan fingerprint density at radius 3 is 2.04 bits per heavy atom. The summed E-state index contributed by atoms with van der Waals surface area (Å²) in [5, 5.41) is 2.98. The van der Waals surface area contributed by atoms with Crippen LogP contribution in [-0.4, -0.2) is 24.0 Å². The van der Waals surface area contributed by atoms with Gasteiger partial charge >= 0.3 is 5.97 Å². The number of carbonyl (C=O) groups excluding carboxylic acids is 2. The summed E-state index contributed by atoms with van der Waals surface area (Å²) in [7, 11) is 0. The smallest absolute Gasteiger partial charge is 0.332 e. The van der Waals surface area contributed by atoms with Crippen LogP contribution in [-0.2, 0) is 27.2 Å². The molecule has 1 aromatic rings. The summed E-state index contributed by atoms with van der Waals surface area (Å²) < 4.78 is 7.59. The molecular weight excluding hydrogens is 520 g/mol. The van der Waals surface area contributed by atoms with Crippen molar-refractivity contribution in [2.45, 2.75) is 46.1 Å². The molecule has 0 radical (unpaired) electrons. The molecule has 1 amide bonds. The number of amides is 1. The molecule has 0 aliphatic heterocycles. The van der Waals surface area contributed by atoms with Crippen molar-refractivity contribution >= 4 is 57.1 Å². The summed E-state index contributed by atoms with van der Waals surface area (Å²) in [6.07, 6.45) is 0.964. The Morgan fingerprint density at radius 2 is 1.65 bits per heavy atom. The Morgan fingerprint density at radius 1 is 1.17 bits per heavy atom. The van der Waals surface area contributed by atoms with E-state index in [1.54, 1.807) is 6.92 Å². The molecule has 0 saturated heterocycles. The number of carbonyl (C=O) groups is 2. The second-order valence-corrected chi connectivity index (χ2v) is 9.22. The van der Waals surface area contributed by atoms with E-state index in [1.807, 2.05) is 20.8 Å². The van der Waals surface area contributed by atoms with E-state index in [0.717, 1.165) is 18.3 Å². The Labute approximate surface area is 164 Å². The van der Waals surface area contributed by atoms with Crippen LogP contribution in [0.15, 0.2) is 12.1 Å². The van der Waals surface area contributed by atoms with Crippen LogP contribution in [0, 0.1) is 12.6 Å². The summed E-state index contributed by atoms with van der Waals surface area (Å²) in [6, 6.07) is 4.20. The highest BCUT2D eigenvalue weighted by molar-refractivity contribution is 14.1. The van der Waals surface area contributed by atoms with Crippen LogP contribution in [0.5, 0.6) is 0 Å². The van der Waals surface area contributed by atoms with Gasteiger partial charge in [-0.05, 0) is 75.4 Å². The molecular formula is C17H21I2NO3. The number of hydrogen-bond acceptors (Lipinski definition) is 3. The second-order valence-electron chi connectivity index (χ2n) is 6.90. The normalized spacial score (nSPS) is 15.9. The summed E-state index contributed by atoms with van der Waals surface area (Å²) in [6.45, 7) is 7.61. The lowest BCUT2D eigenvalue weighted by Gasteiger charge is -2.31. The van der Waals surface area contributed by atoms with E-state index in [4.69, 9.17) is 4.74 Å². The molecule has 0 spiro atoms. The number of ether oxygens (including phenoxy) is 1. The maximum Gasteiger partial charge on any atom is 0.332 e. The first-order valence-electron chi connectivity index (χ1n) is 7.56. The van der Waals surface area contributed by atoms with E-state index in [9.17, 15) is 9.59 Å². The third kappa shape index (κ3) is 4.00. The van der Waals surface area contributed by atoms with Crippen LogP contribution < -0.4 is 5.32 Å². The Balaban J connectivity index is 2.38. The topological polar surface area (TPSA) is 55.4 Å². The third-order valence-corrected chi connectivity index (χ3v) is 6.74. The van der Waals surface area contributed by atoms with Crippen molar-refractivity contribution in [2.24, 2.45) is 5.41 Å². The Kier molecular flexibility index (Phi) is 5.65. The summed E-state index contributed by atoms with van der Waals surface area (Å²) in [5.74, 6) is -0.485. The molecule has 1 aromatic carbocycles. The molecule has 0 aromatic heterocycles. The van der Waals surface area contributed by atoms with Gasteiger partial charge in [0.1, 0.15) is 5.54 Å². The van der Waals surface area contributed by atoms with E-state index < -0.39 is 11.0 Å². The van der Waals surface area contributed by atoms with Crippen molar-refractivity contribution in [1.29, 1.82) is 0 Å². The molecule has 1 aliphatic rings. The van der Waals surface area contributed by atoms with Crippen LogP contribution in [0.1, 0.15) is 38.8 Å². The van der Waals surface area contributed by atoms with E-state index in [-0.39, 0.29) is 11.9 Å². The van der Waals surface area contributed by atoms with Gasteiger partial charge < -0.3 is 10.1 Å². The van der Waals surface area contributed by atoms with Gasteiger partial charge in [0.05, 0.1) is 6.61 Å². The van der Waals surface area contributed by atoms with Crippen molar-refractivity contribution < 1.29 is 14.3 Å². The number of fused-ring (bicyclic) bond motifs is 1. The molecule has 6 heteroatoms. The van der Waals surface area contributed by atoms with Gasteiger partial charge in [-0.2, -0.15) is 0 Å². The van der Waals surface area contributed by atoms with Gasteiger partial charge in [-0.15, -0.1) is 0 Å². The van der Waals surface area contributed by atoms with E-state index in [0.29, 0.717) is 19.4 Å². The first-order chi connectivity index (χ1) is 10.6. The van der Waals surface area contributed by atoms with E-state index in [1.165, 1.54) is 0 Å². The number of hydrogen-bond donors (Lipinski definition) is 1. The molecule has 126 valence electrons. The monoisotopic (exact) mass is 541 g/mol. The van der Waals surface area contributed by atoms with Crippen LogP contribution in [0.4, 0.5) is 0 Å². The molecule has 0 heterocycles. The van der Waals surface area contributed by atoms with Crippen LogP contribution in [0.2, 0.25) is 0 Å². The number of benzene rings is 1. The number of esters is 1. The Hall–Kier alpha value is -0.380. The maximum absolute atomic E-state index is 12.6. The van der Waals surface area contributed by atoms with Crippen molar-refractivity contribution in [3.63, 3.8) is 0 Å². The fourth-order valence-electron chi connectivity index (χ4n) is 2.63. The average molecular weight is 541 g/mol. The van der Waals surface area contributed by atoms with Crippen LogP contribution in [0.3, 0.4) is 0 Å². The van der Waals surface area contributed by atoms with Crippen molar-refractivity contribution in [2.75, 3.05) is 6.61 Å². The van der Waals surface area contributed by atoms with Gasteiger partial charge in [0, 0.05) is 25.4 Å². The largest absolute Gasteiger partial charge is 0.464 e. The highest BCUT2D eigenvalue weighted by Gasteiger charge is 2.47. The fraction of sp³-hybridized carbons (Fsp3) is 0.529. The summed E-state index contributed by atoms with van der Waals surface area (Å²) in [4.78, 5) is 25.1. The minimum atomic E-state index is -0.990. The van der Waals surface area contributed by atoms with Crippen LogP contribution >= 0.6 is 45.2 Å². The average Bonchev–Trinajstić information content (AvgIpc) is 2.77. The third-order valence-electron chi connectivity index (χ3n) is 3.93. The lowest BCUT2D eigenvalue weighted by molar-refractivity contribution is -0.154. The molecule has 0 fully saturated rings. The predicted molar refractivity (Wildman–Crippen MR) is 106 cm³/mol. The van der Waals surface area contributed by atoms with Gasteiger partial charge in [0.15, 0.2) is 0 Å². The molecule has 1 aliphatic carbocycles. The highest BCUT2D eigenvalue weighted by atomic mass is 127. The minimum absolute atomic E-state index is 0.136. The van der Waals surface area contributed by atoms with Gasteiger partial charge in [-0.1, -0.05) is 20.8 Å². The number of rotatable bonds is 3. The summed E-state index contributed by atoms with van der Waals surface area (Å²) >= 11 is 4.58. The minimum Gasteiger partial charge on any atom is -0.464 e. The first-order valence-corrected chi connectivity index (χ1v) is 9.71. The SMILES string of the molecule is CCOC(=O)C1(NC(=O)C(C)(C)C)Cc2cc(I)c(I)cc2C1. The highest BCUT2D eigenvalue weighted by Crippen LogP contribution is 2.35. The predicted octanol–water partition coefficient (Wildman–Crippen LogP) is 3.46. The van der Waals surface area contributed by atoms with Gasteiger partial charge in [0.25, 0.3) is 0 Å². The van der Waals surface area contributed by atoms with Crippen molar-refractivity contribution in [1.82, 2.24) is 5.32 Å². The van der Waals surface area contributed by atoms with E-state index in [2.05, 4.69) is 62.6 Å². The lowest BCUT2D eigenvalue weighted by atomic mass is 9.90. The second kappa shape index (κ2) is 6.85. The van der Waals surface area contributed by atoms with Gasteiger partial charge in [-0.3, -0.25) is 4.79 Å². The molecule has 2 rings (SSSR count). The van der Waals surface area contributed by atoms with E-state index >= 15 is 0 Å². The summed E-state index contributed by atoms with van der Waals surface area (Å²) in [5.41, 5.74) is 0.669. The molecule has 0 atom stereocenters. The molecule has 0 unspecified atom stereocenters. The quantitative estimate of drug-likeness (QED) is 0.472. The molecule has 23 heavy (non-hydrogen) atoms. The number of nitrogens with one attached hydrogen (secondary N) is 1. The van der Waals surface area contributed by atoms with Crippen molar-refractivity contribution in [3.05, 3.63) is 30.4 Å². The molecule has 0 saturated carbocycles. The Bertz CT molecular complexity index is 619. The molecule has 1 N–H and O–H groups in total. The zero-order valence-corrected chi connectivity index (χ0v) is 18.1. The standard InChI is InChI=1S/C17H21I2NO3/c1-5-23-15(22)17(20-14(21)16(2,3)4)8-10-6-12(18)13(19)7-11(10)9-17/h6-7H,5,8-9H2,1-4H3,(H,20,21). The van der Waals surface area contributed by atoms with Gasteiger partial charge in [0.2, 0.25) is 5.91 Å². The number of halogens is 2. The zero-order valence-electron chi connectivity index (χ0n) is 13.8. The molecule has 4 nitrogen and oxygen atoms in total. The maximum atomic E-state index is 12.6. The molecule has 0 bridgehead atoms. The van der Waals surface area contributed by atoms with Gasteiger partial charge in [-0.25, -0.2) is 4.79 Å². The first kappa shape index (κ1) is 19.0. The van der Waals surface area contributed by atoms with Crippen molar-refractivity contribution in [3.8, 4) is 0 Å². The zero-order chi connectivity index (χ0) is 17.4. The lowest BCUT2D eigenvalue weighted by Crippen LogP contribution is -2.58. The van der Waals surface area contributed by atoms with Crippen LogP contribution in [0.25, 0.3) is 0 Å². The fourth-order valence-corrected chi connectivity index (χ4v) is 3.69.